The molecule has 0 saturated carbocycles. The van der Waals surface area contributed by atoms with Gasteiger partial charge in [0, 0.05) is 16.6 Å². The summed E-state index contributed by atoms with van der Waals surface area (Å²) in [4.78, 5) is 6.39. The Hall–Kier alpha value is -2.84. The molecular formula is C28H30N2. The number of aromatic amines is 1. The summed E-state index contributed by atoms with van der Waals surface area (Å²) in [6.07, 6.45) is 4.92. The van der Waals surface area contributed by atoms with Gasteiger partial charge in [0.2, 0.25) is 0 Å². The predicted molar refractivity (Wildman–Crippen MR) is 127 cm³/mol. The van der Waals surface area contributed by atoms with Gasteiger partial charge in [-0.2, -0.15) is 0 Å². The second-order valence-corrected chi connectivity index (χ2v) is 8.53. The molecule has 0 radical (unpaired) electrons. The van der Waals surface area contributed by atoms with Crippen molar-refractivity contribution in [3.63, 3.8) is 0 Å². The van der Waals surface area contributed by atoms with Gasteiger partial charge < -0.3 is 9.88 Å². The van der Waals surface area contributed by atoms with E-state index < -0.39 is 0 Å². The van der Waals surface area contributed by atoms with Crippen LogP contribution in [0.2, 0.25) is 0 Å². The van der Waals surface area contributed by atoms with Crippen molar-refractivity contribution in [2.24, 2.45) is 0 Å². The molecule has 1 saturated heterocycles. The summed E-state index contributed by atoms with van der Waals surface area (Å²) in [5.41, 5.74) is 6.87. The molecule has 2 nitrogen and oxygen atoms in total. The van der Waals surface area contributed by atoms with Crippen LogP contribution in [0.3, 0.4) is 0 Å². The highest BCUT2D eigenvalue weighted by molar-refractivity contribution is 5.91. The number of likely N-dealkylation sites (tertiary alicyclic amines) is 1. The fourth-order valence-corrected chi connectivity index (χ4v) is 5.02. The minimum atomic E-state index is 0.627. The summed E-state index contributed by atoms with van der Waals surface area (Å²) in [5.74, 6) is 0.627. The molecule has 152 valence electrons. The number of nitrogens with one attached hydrogen (secondary N) is 1. The lowest BCUT2D eigenvalue weighted by atomic mass is 9.86. The van der Waals surface area contributed by atoms with Crippen molar-refractivity contribution in [3.05, 3.63) is 96.1 Å². The maximum atomic E-state index is 3.73. The van der Waals surface area contributed by atoms with Crippen LogP contribution in [-0.2, 0) is 6.42 Å². The Labute approximate surface area is 179 Å². The number of aryl methyl sites for hydroxylation is 1. The fourth-order valence-electron chi connectivity index (χ4n) is 5.02. The van der Waals surface area contributed by atoms with Crippen LogP contribution in [-0.4, -0.2) is 29.5 Å². The summed E-state index contributed by atoms with van der Waals surface area (Å²) in [6.45, 7) is 3.61. The number of fused-ring (bicyclic) bond motifs is 1. The molecule has 2 heteroatoms. The van der Waals surface area contributed by atoms with Gasteiger partial charge in [0.15, 0.2) is 0 Å². The highest BCUT2D eigenvalue weighted by Crippen LogP contribution is 2.40. The lowest BCUT2D eigenvalue weighted by molar-refractivity contribution is 0.211. The SMILES string of the molecule is c1ccc(CCCN2CCC(c3c(-c4ccccc4)[nH]c4ccccc34)CC2)cc1. The van der Waals surface area contributed by atoms with Crippen molar-refractivity contribution < 1.29 is 0 Å². The number of H-pyrrole nitrogens is 1. The molecule has 0 amide bonds. The number of rotatable bonds is 6. The van der Waals surface area contributed by atoms with Gasteiger partial charge in [0.25, 0.3) is 0 Å². The number of hydrogen-bond donors (Lipinski definition) is 1. The summed E-state index contributed by atoms with van der Waals surface area (Å²) in [5, 5.41) is 1.40. The zero-order valence-corrected chi connectivity index (χ0v) is 17.6. The van der Waals surface area contributed by atoms with Gasteiger partial charge >= 0.3 is 0 Å². The van der Waals surface area contributed by atoms with Gasteiger partial charge in [-0.1, -0.05) is 78.9 Å². The van der Waals surface area contributed by atoms with Gasteiger partial charge in [0.05, 0.1) is 0 Å². The molecular weight excluding hydrogens is 364 g/mol. The minimum absolute atomic E-state index is 0.627. The third-order valence-corrected chi connectivity index (χ3v) is 6.59. The molecule has 30 heavy (non-hydrogen) atoms. The first-order valence-electron chi connectivity index (χ1n) is 11.3. The first-order chi connectivity index (χ1) is 14.9. The van der Waals surface area contributed by atoms with Crippen LogP contribution in [0.25, 0.3) is 22.2 Å². The molecule has 3 aromatic carbocycles. The van der Waals surface area contributed by atoms with Gasteiger partial charge in [-0.3, -0.25) is 0 Å². The van der Waals surface area contributed by atoms with Crippen molar-refractivity contribution in [1.29, 1.82) is 0 Å². The molecule has 1 N–H and O–H groups in total. The van der Waals surface area contributed by atoms with Crippen molar-refractivity contribution in [2.75, 3.05) is 19.6 Å². The van der Waals surface area contributed by atoms with Crippen molar-refractivity contribution in [1.82, 2.24) is 9.88 Å². The molecule has 1 aliphatic rings. The van der Waals surface area contributed by atoms with Crippen LogP contribution in [0.15, 0.2) is 84.9 Å². The maximum absolute atomic E-state index is 3.73. The quantitative estimate of drug-likeness (QED) is 0.388. The third-order valence-electron chi connectivity index (χ3n) is 6.59. The van der Waals surface area contributed by atoms with Crippen molar-refractivity contribution in [2.45, 2.75) is 31.6 Å². The standard InChI is InChI=1S/C28H30N2/c1-3-10-22(11-4-1)12-9-19-30-20-17-23(18-21-30)27-25-15-7-8-16-26(25)29-28(27)24-13-5-2-6-14-24/h1-8,10-11,13-16,23,29H,9,12,17-21H2. The molecule has 0 bridgehead atoms. The second kappa shape index (κ2) is 8.89. The summed E-state index contributed by atoms with van der Waals surface area (Å²) < 4.78 is 0. The molecule has 0 aliphatic carbocycles. The molecule has 5 rings (SSSR count). The van der Waals surface area contributed by atoms with Crippen molar-refractivity contribution >= 4 is 10.9 Å². The van der Waals surface area contributed by atoms with E-state index in [1.165, 1.54) is 78.6 Å². The average molecular weight is 395 g/mol. The maximum Gasteiger partial charge on any atom is 0.0500 e. The zero-order valence-electron chi connectivity index (χ0n) is 17.6. The second-order valence-electron chi connectivity index (χ2n) is 8.53. The van der Waals surface area contributed by atoms with Crippen LogP contribution in [0.1, 0.15) is 36.3 Å². The van der Waals surface area contributed by atoms with Gasteiger partial charge in [-0.25, -0.2) is 0 Å². The molecule has 0 spiro atoms. The van der Waals surface area contributed by atoms with E-state index in [-0.39, 0.29) is 0 Å². The number of benzene rings is 3. The minimum Gasteiger partial charge on any atom is -0.354 e. The van der Waals surface area contributed by atoms with E-state index in [1.807, 2.05) is 0 Å². The first kappa shape index (κ1) is 19.1. The Morgan fingerprint density at radius 2 is 1.43 bits per heavy atom. The summed E-state index contributed by atoms with van der Waals surface area (Å²) >= 11 is 0. The molecule has 4 aromatic rings. The third kappa shape index (κ3) is 4.06. The molecule has 1 aliphatic heterocycles. The number of para-hydroxylation sites is 1. The zero-order chi connectivity index (χ0) is 20.2. The highest BCUT2D eigenvalue weighted by Gasteiger charge is 2.25. The summed E-state index contributed by atoms with van der Waals surface area (Å²) in [6, 6.07) is 30.5. The largest absolute Gasteiger partial charge is 0.354 e. The predicted octanol–water partition coefficient (Wildman–Crippen LogP) is 6.65. The smallest absolute Gasteiger partial charge is 0.0500 e. The van der Waals surface area contributed by atoms with E-state index in [0.29, 0.717) is 5.92 Å². The molecule has 2 heterocycles. The molecule has 1 fully saturated rings. The van der Waals surface area contributed by atoms with Gasteiger partial charge in [-0.05, 0) is 74.0 Å². The van der Waals surface area contributed by atoms with E-state index in [4.69, 9.17) is 0 Å². The Balaban J connectivity index is 1.29. The first-order valence-corrected chi connectivity index (χ1v) is 11.3. The van der Waals surface area contributed by atoms with Crippen LogP contribution in [0.5, 0.6) is 0 Å². The topological polar surface area (TPSA) is 19.0 Å². The van der Waals surface area contributed by atoms with Crippen LogP contribution >= 0.6 is 0 Å². The fraction of sp³-hybridized carbons (Fsp3) is 0.286. The van der Waals surface area contributed by atoms with Crippen LogP contribution < -0.4 is 0 Å². The molecule has 1 aromatic heterocycles. The van der Waals surface area contributed by atoms with E-state index in [2.05, 4.69) is 94.8 Å². The van der Waals surface area contributed by atoms with E-state index >= 15 is 0 Å². The molecule has 0 atom stereocenters. The molecule has 0 unspecified atom stereocenters. The number of nitrogens with zero attached hydrogens (tertiary/aromatic N) is 1. The normalized spacial score (nSPS) is 15.6. The van der Waals surface area contributed by atoms with Crippen LogP contribution in [0, 0.1) is 0 Å². The Morgan fingerprint density at radius 3 is 2.20 bits per heavy atom. The lowest BCUT2D eigenvalue weighted by Gasteiger charge is -2.32. The number of hydrogen-bond acceptors (Lipinski definition) is 1. The number of piperidine rings is 1. The monoisotopic (exact) mass is 394 g/mol. The van der Waals surface area contributed by atoms with Gasteiger partial charge in [-0.15, -0.1) is 0 Å². The number of aromatic nitrogens is 1. The van der Waals surface area contributed by atoms with Gasteiger partial charge in [0.1, 0.15) is 0 Å². The lowest BCUT2D eigenvalue weighted by Crippen LogP contribution is -2.34. The average Bonchev–Trinajstić information content (AvgIpc) is 3.21. The van der Waals surface area contributed by atoms with E-state index in [9.17, 15) is 0 Å². The Kier molecular flexibility index (Phi) is 5.67. The van der Waals surface area contributed by atoms with E-state index in [1.54, 1.807) is 0 Å². The van der Waals surface area contributed by atoms with Crippen LogP contribution in [0.4, 0.5) is 0 Å². The van der Waals surface area contributed by atoms with E-state index in [0.717, 1.165) is 0 Å². The highest BCUT2D eigenvalue weighted by atomic mass is 15.1. The Bertz CT molecular complexity index is 1070. The summed E-state index contributed by atoms with van der Waals surface area (Å²) in [7, 11) is 0. The van der Waals surface area contributed by atoms with Crippen molar-refractivity contribution in [3.8, 4) is 11.3 Å². The Morgan fingerprint density at radius 1 is 0.767 bits per heavy atom.